The fraction of sp³-hybridized carbons (Fsp3) is 0.167. The van der Waals surface area contributed by atoms with Gasteiger partial charge in [-0.1, -0.05) is 12.1 Å². The smallest absolute Gasteiger partial charge is 0.123 e. The third kappa shape index (κ3) is 2.81. The summed E-state index contributed by atoms with van der Waals surface area (Å²) in [6.07, 6.45) is 0.980. The Hall–Kier alpha value is -2.38. The van der Waals surface area contributed by atoms with Crippen molar-refractivity contribution in [1.82, 2.24) is 0 Å². The minimum atomic E-state index is -0.234. The highest BCUT2D eigenvalue weighted by molar-refractivity contribution is 7.19. The molecule has 0 unspecified atom stereocenters. The number of thiophene rings is 1. The van der Waals surface area contributed by atoms with Gasteiger partial charge in [-0.05, 0) is 41.5 Å². The molecule has 0 spiro atoms. The number of hydrogen-bond acceptors (Lipinski definition) is 3. The van der Waals surface area contributed by atoms with Crippen LogP contribution in [-0.4, -0.2) is 7.11 Å². The number of nitriles is 1. The van der Waals surface area contributed by atoms with Crippen LogP contribution in [0.1, 0.15) is 16.0 Å². The molecule has 0 radical (unpaired) electrons. The molecule has 0 fully saturated rings. The molecular formula is C18H14FNOS. The average molecular weight is 311 g/mol. The van der Waals surface area contributed by atoms with E-state index < -0.39 is 0 Å². The van der Waals surface area contributed by atoms with Crippen LogP contribution in [0.5, 0.6) is 5.75 Å². The summed E-state index contributed by atoms with van der Waals surface area (Å²) in [6, 6.07) is 14.7. The van der Waals surface area contributed by atoms with Crippen LogP contribution in [0.4, 0.5) is 4.39 Å². The van der Waals surface area contributed by atoms with Gasteiger partial charge >= 0.3 is 0 Å². The second-order valence-electron chi connectivity index (χ2n) is 5.01. The highest BCUT2D eigenvalue weighted by Gasteiger charge is 2.13. The number of halogens is 1. The van der Waals surface area contributed by atoms with Crippen molar-refractivity contribution in [2.45, 2.75) is 12.8 Å². The predicted molar refractivity (Wildman–Crippen MR) is 86.9 cm³/mol. The second-order valence-corrected chi connectivity index (χ2v) is 6.14. The minimum absolute atomic E-state index is 0.234. The van der Waals surface area contributed by atoms with Gasteiger partial charge in [0.25, 0.3) is 0 Å². The van der Waals surface area contributed by atoms with Crippen molar-refractivity contribution in [1.29, 1.82) is 5.26 Å². The van der Waals surface area contributed by atoms with E-state index >= 15 is 0 Å². The van der Waals surface area contributed by atoms with Crippen LogP contribution in [0.2, 0.25) is 0 Å². The summed E-state index contributed by atoms with van der Waals surface area (Å²) in [7, 11) is 1.63. The van der Waals surface area contributed by atoms with Gasteiger partial charge in [-0.2, -0.15) is 5.26 Å². The number of fused-ring (bicyclic) bond motifs is 1. The summed E-state index contributed by atoms with van der Waals surface area (Å²) in [5, 5.41) is 10.2. The van der Waals surface area contributed by atoms with Crippen molar-refractivity contribution < 1.29 is 9.13 Å². The van der Waals surface area contributed by atoms with Crippen molar-refractivity contribution in [3.63, 3.8) is 0 Å². The van der Waals surface area contributed by atoms with Crippen LogP contribution in [0.25, 0.3) is 10.1 Å². The first-order chi connectivity index (χ1) is 10.7. The molecule has 0 bridgehead atoms. The molecule has 4 heteroatoms. The lowest BCUT2D eigenvalue weighted by molar-refractivity contribution is 0.415. The SMILES string of the molecule is COc1ccc2sc(Cc3cccc(F)c3)c(CC#N)c2c1. The summed E-state index contributed by atoms with van der Waals surface area (Å²) in [5.74, 6) is 0.545. The van der Waals surface area contributed by atoms with Gasteiger partial charge in [-0.25, -0.2) is 4.39 Å². The molecule has 0 N–H and O–H groups in total. The Balaban J connectivity index is 2.08. The van der Waals surface area contributed by atoms with Crippen LogP contribution in [-0.2, 0) is 12.8 Å². The average Bonchev–Trinajstić information content (AvgIpc) is 2.84. The van der Waals surface area contributed by atoms with Gasteiger partial charge in [0.2, 0.25) is 0 Å². The van der Waals surface area contributed by atoms with Crippen LogP contribution in [0.3, 0.4) is 0 Å². The van der Waals surface area contributed by atoms with Crippen LogP contribution >= 0.6 is 11.3 Å². The van der Waals surface area contributed by atoms with E-state index in [0.717, 1.165) is 31.8 Å². The molecule has 0 atom stereocenters. The predicted octanol–water partition coefficient (Wildman–Crippen LogP) is 4.71. The molecule has 0 saturated heterocycles. The molecule has 2 nitrogen and oxygen atoms in total. The molecule has 110 valence electrons. The molecule has 1 heterocycles. The quantitative estimate of drug-likeness (QED) is 0.699. The first-order valence-electron chi connectivity index (χ1n) is 6.91. The third-order valence-electron chi connectivity index (χ3n) is 3.59. The van der Waals surface area contributed by atoms with Crippen molar-refractivity contribution in [2.24, 2.45) is 0 Å². The Morgan fingerprint density at radius 3 is 2.82 bits per heavy atom. The zero-order valence-corrected chi connectivity index (χ0v) is 12.9. The number of ether oxygens (including phenoxy) is 1. The fourth-order valence-electron chi connectivity index (χ4n) is 2.55. The molecule has 0 amide bonds. The Bertz CT molecular complexity index is 863. The Labute approximate surface area is 132 Å². The van der Waals surface area contributed by atoms with Gasteiger partial charge in [0.15, 0.2) is 0 Å². The van der Waals surface area contributed by atoms with Gasteiger partial charge in [0, 0.05) is 21.4 Å². The molecule has 3 aromatic rings. The lowest BCUT2D eigenvalue weighted by Crippen LogP contribution is -1.91. The Morgan fingerprint density at radius 1 is 1.23 bits per heavy atom. The second kappa shape index (κ2) is 6.17. The lowest BCUT2D eigenvalue weighted by atomic mass is 10.0. The lowest BCUT2D eigenvalue weighted by Gasteiger charge is -2.03. The molecule has 2 aromatic carbocycles. The first-order valence-corrected chi connectivity index (χ1v) is 7.72. The van der Waals surface area contributed by atoms with Crippen LogP contribution in [0.15, 0.2) is 42.5 Å². The van der Waals surface area contributed by atoms with Crippen molar-refractivity contribution in [3.8, 4) is 11.8 Å². The van der Waals surface area contributed by atoms with E-state index in [4.69, 9.17) is 10.00 Å². The Morgan fingerprint density at radius 2 is 2.09 bits per heavy atom. The number of benzene rings is 2. The highest BCUT2D eigenvalue weighted by Crippen LogP contribution is 2.35. The number of nitrogens with zero attached hydrogens (tertiary/aromatic N) is 1. The zero-order valence-electron chi connectivity index (χ0n) is 12.1. The highest BCUT2D eigenvalue weighted by atomic mass is 32.1. The molecule has 0 aliphatic heterocycles. The fourth-order valence-corrected chi connectivity index (χ4v) is 3.79. The minimum Gasteiger partial charge on any atom is -0.497 e. The Kier molecular flexibility index (Phi) is 4.08. The molecule has 22 heavy (non-hydrogen) atoms. The van der Waals surface area contributed by atoms with E-state index in [1.807, 2.05) is 24.3 Å². The number of hydrogen-bond donors (Lipinski definition) is 0. The van der Waals surface area contributed by atoms with Crippen molar-refractivity contribution in [2.75, 3.05) is 7.11 Å². The normalized spacial score (nSPS) is 10.6. The van der Waals surface area contributed by atoms with E-state index in [1.54, 1.807) is 30.6 Å². The summed E-state index contributed by atoms with van der Waals surface area (Å²) in [5.41, 5.74) is 1.93. The van der Waals surface area contributed by atoms with Gasteiger partial charge in [-0.3, -0.25) is 0 Å². The summed E-state index contributed by atoms with van der Waals surface area (Å²) in [6.45, 7) is 0. The molecule has 0 saturated carbocycles. The molecular weight excluding hydrogens is 297 g/mol. The summed E-state index contributed by atoms with van der Waals surface area (Å²) >= 11 is 1.65. The third-order valence-corrected chi connectivity index (χ3v) is 4.80. The summed E-state index contributed by atoms with van der Waals surface area (Å²) in [4.78, 5) is 1.11. The molecule has 3 rings (SSSR count). The molecule has 0 aliphatic carbocycles. The van der Waals surface area contributed by atoms with E-state index in [-0.39, 0.29) is 5.82 Å². The van der Waals surface area contributed by atoms with Gasteiger partial charge in [0.1, 0.15) is 11.6 Å². The van der Waals surface area contributed by atoms with Gasteiger partial charge < -0.3 is 4.74 Å². The van der Waals surface area contributed by atoms with E-state index in [0.29, 0.717) is 12.8 Å². The van der Waals surface area contributed by atoms with Gasteiger partial charge in [-0.15, -0.1) is 11.3 Å². The first kappa shape index (κ1) is 14.6. The van der Waals surface area contributed by atoms with E-state index in [9.17, 15) is 4.39 Å². The standard InChI is InChI=1S/C18H14FNOS/c1-21-14-5-6-17-16(11-14)15(7-8-20)18(22-17)10-12-3-2-4-13(19)9-12/h2-6,9,11H,7,10H2,1H3. The topological polar surface area (TPSA) is 33.0 Å². The van der Waals surface area contributed by atoms with E-state index in [2.05, 4.69) is 6.07 Å². The monoisotopic (exact) mass is 311 g/mol. The number of rotatable bonds is 4. The maximum absolute atomic E-state index is 13.4. The van der Waals surface area contributed by atoms with Gasteiger partial charge in [0.05, 0.1) is 19.6 Å². The van der Waals surface area contributed by atoms with Crippen molar-refractivity contribution >= 4 is 21.4 Å². The molecule has 0 aliphatic rings. The summed E-state index contributed by atoms with van der Waals surface area (Å²) < 4.78 is 19.7. The van der Waals surface area contributed by atoms with Crippen LogP contribution < -0.4 is 4.74 Å². The maximum Gasteiger partial charge on any atom is 0.123 e. The number of methoxy groups -OCH3 is 1. The van der Waals surface area contributed by atoms with E-state index in [1.165, 1.54) is 6.07 Å². The van der Waals surface area contributed by atoms with Crippen molar-refractivity contribution in [3.05, 3.63) is 64.3 Å². The maximum atomic E-state index is 13.4. The largest absolute Gasteiger partial charge is 0.497 e. The molecule has 1 aromatic heterocycles. The van der Waals surface area contributed by atoms with Crippen LogP contribution in [0, 0.1) is 17.1 Å². The zero-order chi connectivity index (χ0) is 15.5.